The molecular weight excluding hydrogens is 575 g/mol. The van der Waals surface area contributed by atoms with E-state index in [1.807, 2.05) is 29.6 Å². The minimum absolute atomic E-state index is 0.134. The Balaban J connectivity index is 1.39. The van der Waals surface area contributed by atoms with E-state index >= 15 is 0 Å². The molecule has 4 aromatic carbocycles. The maximum Gasteiger partial charge on any atom is 0.209 e. The van der Waals surface area contributed by atoms with Crippen molar-refractivity contribution in [3.63, 3.8) is 0 Å². The Morgan fingerprint density at radius 1 is 0.822 bits per heavy atom. The second-order valence-corrected chi connectivity index (χ2v) is 13.8. The molecule has 3 heterocycles. The van der Waals surface area contributed by atoms with Crippen molar-refractivity contribution in [1.29, 1.82) is 0 Å². The quantitative estimate of drug-likeness (QED) is 0.147. The maximum atomic E-state index is 13.9. The van der Waals surface area contributed by atoms with Gasteiger partial charge in [-0.3, -0.25) is 0 Å². The second-order valence-electron chi connectivity index (χ2n) is 12.3. The molecule has 4 aliphatic rings. The largest absolute Gasteiger partial charge is 0.456 e. The Morgan fingerprint density at radius 2 is 1.60 bits per heavy atom. The van der Waals surface area contributed by atoms with E-state index in [0.29, 0.717) is 0 Å². The van der Waals surface area contributed by atoms with Gasteiger partial charge in [-0.2, -0.15) is 4.58 Å². The van der Waals surface area contributed by atoms with E-state index in [1.54, 1.807) is 0 Å². The van der Waals surface area contributed by atoms with Gasteiger partial charge < -0.3 is 9.32 Å². The van der Waals surface area contributed by atoms with Gasteiger partial charge in [0, 0.05) is 83.3 Å². The van der Waals surface area contributed by atoms with Crippen LogP contribution in [-0.4, -0.2) is 34.7 Å². The van der Waals surface area contributed by atoms with Crippen molar-refractivity contribution in [2.75, 3.05) is 25.0 Å². The van der Waals surface area contributed by atoms with E-state index in [-0.39, 0.29) is 6.04 Å². The van der Waals surface area contributed by atoms with Crippen LogP contribution in [0.4, 0.5) is 17.1 Å². The van der Waals surface area contributed by atoms with Gasteiger partial charge in [0.2, 0.25) is 11.0 Å². The summed E-state index contributed by atoms with van der Waals surface area (Å²) in [4.78, 5) is 3.18. The van der Waals surface area contributed by atoms with Crippen molar-refractivity contribution in [2.24, 2.45) is 0 Å². The minimum atomic E-state index is -1.33. The lowest BCUT2D eigenvalue weighted by atomic mass is 9.93. The summed E-state index contributed by atoms with van der Waals surface area (Å²) in [7, 11) is 0.593. The van der Waals surface area contributed by atoms with Crippen LogP contribution >= 0.6 is 0 Å². The smallest absolute Gasteiger partial charge is 0.209 e. The fourth-order valence-corrected chi connectivity index (χ4v) is 8.12. The van der Waals surface area contributed by atoms with Gasteiger partial charge in [0.15, 0.2) is 6.54 Å². The van der Waals surface area contributed by atoms with E-state index in [4.69, 9.17) is 4.42 Å². The summed E-state index contributed by atoms with van der Waals surface area (Å²) in [5.41, 5.74) is 10.2. The third-order valence-corrected chi connectivity index (χ3v) is 11.1. The molecule has 0 saturated carbocycles. The Labute approximate surface area is 266 Å². The van der Waals surface area contributed by atoms with Gasteiger partial charge in [0.05, 0.1) is 11.0 Å². The fourth-order valence-electron chi connectivity index (χ4n) is 6.88. The van der Waals surface area contributed by atoms with Crippen LogP contribution in [0.25, 0.3) is 33.4 Å². The van der Waals surface area contributed by atoms with E-state index in [1.165, 1.54) is 22.5 Å². The highest BCUT2D eigenvalue weighted by Crippen LogP contribution is 2.44. The molecule has 0 radical (unpaired) electrons. The number of rotatable bonds is 5. The molecule has 0 N–H and O–H groups in total. The monoisotopic (exact) mass is 610 g/mol. The van der Waals surface area contributed by atoms with Crippen molar-refractivity contribution in [3.8, 4) is 22.5 Å². The normalized spacial score (nSPS) is 16.2. The molecule has 0 saturated heterocycles. The van der Waals surface area contributed by atoms with Gasteiger partial charge in [-0.15, -0.1) is 0 Å². The van der Waals surface area contributed by atoms with Crippen LogP contribution in [0.15, 0.2) is 119 Å². The lowest BCUT2D eigenvalue weighted by Gasteiger charge is -2.24. The van der Waals surface area contributed by atoms with E-state index in [9.17, 15) is 4.21 Å². The van der Waals surface area contributed by atoms with Gasteiger partial charge >= 0.3 is 0 Å². The molecule has 1 unspecified atom stereocenters. The SMILES string of the molecule is CC(C)N(C)S(=O)c1ccccc1-c1c2ccc(=[N+]3CCc4ccccc43)cc-2oc2cc(N3CCc4ccccc43)ccc12. The number of fused-ring (bicyclic) bond motifs is 4. The fraction of sp³-hybridized carbons (Fsp3) is 0.205. The second kappa shape index (κ2) is 11.1. The average Bonchev–Trinajstić information content (AvgIpc) is 3.71. The Hall–Kier alpha value is -4.52. The number of benzene rings is 5. The highest BCUT2D eigenvalue weighted by molar-refractivity contribution is 7.82. The lowest BCUT2D eigenvalue weighted by Crippen LogP contribution is -2.28. The third kappa shape index (κ3) is 4.71. The molecule has 1 aliphatic carbocycles. The van der Waals surface area contributed by atoms with Crippen LogP contribution in [0.5, 0.6) is 0 Å². The highest BCUT2D eigenvalue weighted by atomic mass is 32.2. The molecule has 45 heavy (non-hydrogen) atoms. The van der Waals surface area contributed by atoms with Crippen LogP contribution in [0.3, 0.4) is 0 Å². The maximum absolute atomic E-state index is 13.9. The molecule has 6 heteroatoms. The first-order valence-electron chi connectivity index (χ1n) is 15.8. The summed E-state index contributed by atoms with van der Waals surface area (Å²) in [5, 5.41) is 2.12. The standard InChI is InChI=1S/C39H36N3O2S/c1-26(2)40(3)45(43)38-15-9-6-12-33(38)39-31-18-16-29(41-22-20-27-10-4-7-13-34(27)41)24-36(31)44-37-25-30(17-19-32(37)39)42-23-21-28-11-5-8-14-35(28)42/h4-19,24-26H,20-23H2,1-3H3/q+1. The van der Waals surface area contributed by atoms with E-state index < -0.39 is 11.0 Å². The lowest BCUT2D eigenvalue weighted by molar-refractivity contribution is 0.443. The Kier molecular flexibility index (Phi) is 6.92. The van der Waals surface area contributed by atoms with Crippen LogP contribution in [0.1, 0.15) is 25.0 Å². The molecule has 0 aromatic heterocycles. The van der Waals surface area contributed by atoms with Crippen molar-refractivity contribution < 1.29 is 8.63 Å². The Morgan fingerprint density at radius 3 is 2.47 bits per heavy atom. The van der Waals surface area contributed by atoms with E-state index in [2.05, 4.69) is 114 Å². The van der Waals surface area contributed by atoms with Crippen LogP contribution in [0, 0.1) is 0 Å². The van der Waals surface area contributed by atoms with Crippen LogP contribution in [0.2, 0.25) is 0 Å². The zero-order valence-electron chi connectivity index (χ0n) is 25.9. The average molecular weight is 611 g/mol. The van der Waals surface area contributed by atoms with Crippen molar-refractivity contribution in [3.05, 3.63) is 126 Å². The summed E-state index contributed by atoms with van der Waals surface area (Å²) in [6, 6.07) is 38.7. The molecular formula is C39H36N3O2S+. The summed E-state index contributed by atoms with van der Waals surface area (Å²) < 4.78 is 25.1. The number of para-hydroxylation sites is 2. The third-order valence-electron chi connectivity index (χ3n) is 9.42. The Bertz CT molecular complexity index is 2160. The van der Waals surface area contributed by atoms with Crippen LogP contribution < -0.4 is 14.8 Å². The van der Waals surface area contributed by atoms with Crippen molar-refractivity contribution in [1.82, 2.24) is 8.88 Å². The number of anilines is 2. The molecule has 0 amide bonds. The predicted octanol–water partition coefficient (Wildman–Crippen LogP) is 7.92. The van der Waals surface area contributed by atoms with E-state index in [0.717, 1.165) is 75.3 Å². The van der Waals surface area contributed by atoms with Gasteiger partial charge in [0.25, 0.3) is 0 Å². The molecule has 5 nitrogen and oxygen atoms in total. The summed E-state index contributed by atoms with van der Waals surface area (Å²) in [6.07, 6.45) is 2.05. The molecule has 4 aromatic rings. The van der Waals surface area contributed by atoms with Gasteiger partial charge in [-0.05, 0) is 56.2 Å². The van der Waals surface area contributed by atoms with Crippen molar-refractivity contribution >= 4 is 39.0 Å². The molecule has 224 valence electrons. The summed E-state index contributed by atoms with van der Waals surface area (Å²) in [5.74, 6) is 0.816. The molecule has 1 atom stereocenters. The first-order valence-corrected chi connectivity index (χ1v) is 16.9. The van der Waals surface area contributed by atoms with Gasteiger partial charge in [-0.25, -0.2) is 8.51 Å². The number of nitrogens with zero attached hydrogens (tertiary/aromatic N) is 3. The number of hydrogen-bond donors (Lipinski definition) is 0. The summed E-state index contributed by atoms with van der Waals surface area (Å²) >= 11 is 0. The first kappa shape index (κ1) is 28.0. The first-order chi connectivity index (χ1) is 22.0. The van der Waals surface area contributed by atoms with Crippen molar-refractivity contribution in [2.45, 2.75) is 37.6 Å². The zero-order valence-corrected chi connectivity index (χ0v) is 26.7. The topological polar surface area (TPSA) is 39.7 Å². The van der Waals surface area contributed by atoms with Gasteiger partial charge in [0.1, 0.15) is 22.3 Å². The molecule has 0 bridgehead atoms. The van der Waals surface area contributed by atoms with Gasteiger partial charge in [-0.1, -0.05) is 54.6 Å². The molecule has 0 spiro atoms. The molecule has 3 aliphatic heterocycles. The molecule has 8 rings (SSSR count). The predicted molar refractivity (Wildman–Crippen MR) is 185 cm³/mol. The summed E-state index contributed by atoms with van der Waals surface area (Å²) in [6.45, 7) is 6.02. The minimum Gasteiger partial charge on any atom is -0.456 e. The zero-order chi connectivity index (χ0) is 30.7. The highest BCUT2D eigenvalue weighted by Gasteiger charge is 2.27. The molecule has 0 fully saturated rings. The van der Waals surface area contributed by atoms with Crippen LogP contribution in [-0.2, 0) is 23.8 Å². The number of hydrogen-bond acceptors (Lipinski definition) is 3.